The lowest BCUT2D eigenvalue weighted by Gasteiger charge is -2.19. The van der Waals surface area contributed by atoms with E-state index in [4.69, 9.17) is 0 Å². The van der Waals surface area contributed by atoms with Crippen molar-refractivity contribution < 1.29 is 9.59 Å². The van der Waals surface area contributed by atoms with E-state index in [1.807, 2.05) is 25.1 Å². The maximum absolute atomic E-state index is 13.1. The van der Waals surface area contributed by atoms with E-state index in [0.29, 0.717) is 22.6 Å². The molecule has 0 spiro atoms. The van der Waals surface area contributed by atoms with E-state index >= 15 is 0 Å². The normalized spacial score (nSPS) is 15.5. The van der Waals surface area contributed by atoms with Crippen LogP contribution in [0.4, 0.5) is 0 Å². The fraction of sp³-hybridized carbons (Fsp3) is 0.500. The largest absolute Gasteiger partial charge is 0.355 e. The SMILES string of the molecule is CCNC(=O)[C@H](C)NC(=O)CSc1nc2ccccc2c(=O)n1C1CCCC1. The third-order valence-electron chi connectivity index (χ3n) is 4.92. The zero-order chi connectivity index (χ0) is 20.1. The fourth-order valence-electron chi connectivity index (χ4n) is 3.52. The average Bonchev–Trinajstić information content (AvgIpc) is 3.21. The molecule has 28 heavy (non-hydrogen) atoms. The van der Waals surface area contributed by atoms with E-state index in [1.54, 1.807) is 17.6 Å². The highest BCUT2D eigenvalue weighted by atomic mass is 32.2. The first-order valence-corrected chi connectivity index (χ1v) is 10.7. The van der Waals surface area contributed by atoms with Crippen LogP contribution < -0.4 is 16.2 Å². The van der Waals surface area contributed by atoms with Crippen LogP contribution in [0.2, 0.25) is 0 Å². The molecule has 1 aromatic heterocycles. The van der Waals surface area contributed by atoms with Crippen LogP contribution in [0, 0.1) is 0 Å². The molecule has 1 aliphatic rings. The van der Waals surface area contributed by atoms with Crippen molar-refractivity contribution in [2.24, 2.45) is 0 Å². The third-order valence-corrected chi connectivity index (χ3v) is 5.87. The summed E-state index contributed by atoms with van der Waals surface area (Å²) in [6, 6.07) is 6.83. The van der Waals surface area contributed by atoms with Gasteiger partial charge in [0.15, 0.2) is 5.16 Å². The number of carbonyl (C=O) groups is 2. The lowest BCUT2D eigenvalue weighted by atomic mass is 10.2. The Balaban J connectivity index is 1.80. The molecule has 1 fully saturated rings. The van der Waals surface area contributed by atoms with Gasteiger partial charge in [-0.1, -0.05) is 36.7 Å². The summed E-state index contributed by atoms with van der Waals surface area (Å²) < 4.78 is 1.76. The molecular weight excluding hydrogens is 376 g/mol. The number of thioether (sulfide) groups is 1. The van der Waals surface area contributed by atoms with Gasteiger partial charge in [-0.25, -0.2) is 4.98 Å². The van der Waals surface area contributed by atoms with E-state index in [2.05, 4.69) is 15.6 Å². The van der Waals surface area contributed by atoms with Gasteiger partial charge in [-0.3, -0.25) is 19.0 Å². The van der Waals surface area contributed by atoms with E-state index in [9.17, 15) is 14.4 Å². The van der Waals surface area contributed by atoms with Crippen molar-refractivity contribution in [3.63, 3.8) is 0 Å². The third kappa shape index (κ3) is 4.55. The van der Waals surface area contributed by atoms with Gasteiger partial charge in [0, 0.05) is 12.6 Å². The Bertz CT molecular complexity index is 921. The highest BCUT2D eigenvalue weighted by Crippen LogP contribution is 2.32. The van der Waals surface area contributed by atoms with Gasteiger partial charge in [0.25, 0.3) is 5.56 Å². The molecule has 8 heteroatoms. The number of benzene rings is 1. The molecule has 7 nitrogen and oxygen atoms in total. The maximum atomic E-state index is 13.1. The fourth-order valence-corrected chi connectivity index (χ4v) is 4.40. The Labute approximate surface area is 168 Å². The molecule has 0 saturated heterocycles. The Morgan fingerprint density at radius 2 is 2.00 bits per heavy atom. The second kappa shape index (κ2) is 9.23. The lowest BCUT2D eigenvalue weighted by molar-refractivity contribution is -0.127. The highest BCUT2D eigenvalue weighted by molar-refractivity contribution is 7.99. The van der Waals surface area contributed by atoms with Crippen LogP contribution in [0.25, 0.3) is 10.9 Å². The number of rotatable bonds is 7. The van der Waals surface area contributed by atoms with Crippen LogP contribution in [-0.4, -0.2) is 39.7 Å². The summed E-state index contributed by atoms with van der Waals surface area (Å²) in [5.41, 5.74) is 0.594. The van der Waals surface area contributed by atoms with Gasteiger partial charge >= 0.3 is 0 Å². The Morgan fingerprint density at radius 3 is 2.71 bits per heavy atom. The number of nitrogens with zero attached hydrogens (tertiary/aromatic N) is 2. The van der Waals surface area contributed by atoms with Crippen molar-refractivity contribution in [2.45, 2.75) is 56.8 Å². The van der Waals surface area contributed by atoms with E-state index in [-0.39, 0.29) is 29.2 Å². The minimum atomic E-state index is -0.602. The first kappa shape index (κ1) is 20.4. The number of hydrogen-bond acceptors (Lipinski definition) is 5. The number of likely N-dealkylation sites (N-methyl/N-ethyl adjacent to an activating group) is 1. The number of para-hydroxylation sites is 1. The van der Waals surface area contributed by atoms with E-state index in [1.165, 1.54) is 11.8 Å². The van der Waals surface area contributed by atoms with Crippen molar-refractivity contribution in [3.05, 3.63) is 34.6 Å². The number of aromatic nitrogens is 2. The van der Waals surface area contributed by atoms with Crippen molar-refractivity contribution in [1.29, 1.82) is 0 Å². The van der Waals surface area contributed by atoms with Crippen LogP contribution >= 0.6 is 11.8 Å². The van der Waals surface area contributed by atoms with Crippen molar-refractivity contribution >= 4 is 34.5 Å². The van der Waals surface area contributed by atoms with Gasteiger partial charge in [0.1, 0.15) is 6.04 Å². The molecule has 2 N–H and O–H groups in total. The predicted octanol–water partition coefficient (Wildman–Crippen LogP) is 2.24. The Kier molecular flexibility index (Phi) is 6.72. The quantitative estimate of drug-likeness (QED) is 0.547. The Hall–Kier alpha value is -2.35. The second-order valence-electron chi connectivity index (χ2n) is 7.00. The summed E-state index contributed by atoms with van der Waals surface area (Å²) in [5, 5.41) is 6.54. The molecule has 3 rings (SSSR count). The van der Waals surface area contributed by atoms with Gasteiger partial charge in [-0.05, 0) is 38.8 Å². The summed E-state index contributed by atoms with van der Waals surface area (Å²) in [6.07, 6.45) is 4.10. The summed E-state index contributed by atoms with van der Waals surface area (Å²) >= 11 is 1.25. The molecule has 0 bridgehead atoms. The molecule has 0 aliphatic heterocycles. The summed E-state index contributed by atoms with van der Waals surface area (Å²) in [7, 11) is 0. The molecule has 2 amide bonds. The number of carbonyl (C=O) groups excluding carboxylic acids is 2. The van der Waals surface area contributed by atoms with Crippen molar-refractivity contribution in [3.8, 4) is 0 Å². The smallest absolute Gasteiger partial charge is 0.262 e. The zero-order valence-corrected chi connectivity index (χ0v) is 17.1. The van der Waals surface area contributed by atoms with Crippen molar-refractivity contribution in [2.75, 3.05) is 12.3 Å². The topological polar surface area (TPSA) is 93.1 Å². The molecule has 150 valence electrons. The minimum absolute atomic E-state index is 0.0453. The van der Waals surface area contributed by atoms with E-state index in [0.717, 1.165) is 25.7 Å². The number of fused-ring (bicyclic) bond motifs is 1. The Morgan fingerprint density at radius 1 is 1.29 bits per heavy atom. The van der Waals surface area contributed by atoms with Crippen molar-refractivity contribution in [1.82, 2.24) is 20.2 Å². The minimum Gasteiger partial charge on any atom is -0.355 e. The molecule has 1 aromatic carbocycles. The van der Waals surface area contributed by atoms with Gasteiger partial charge in [0.2, 0.25) is 11.8 Å². The first-order chi connectivity index (χ1) is 13.5. The summed E-state index contributed by atoms with van der Waals surface area (Å²) in [6.45, 7) is 3.99. The molecule has 1 heterocycles. The first-order valence-electron chi connectivity index (χ1n) is 9.72. The molecule has 0 unspecified atom stereocenters. The molecule has 1 saturated carbocycles. The van der Waals surface area contributed by atoms with Gasteiger partial charge in [-0.2, -0.15) is 0 Å². The number of hydrogen-bond donors (Lipinski definition) is 2. The van der Waals surface area contributed by atoms with E-state index < -0.39 is 6.04 Å². The lowest BCUT2D eigenvalue weighted by Crippen LogP contribution is -2.45. The number of nitrogens with one attached hydrogen (secondary N) is 2. The molecular formula is C20H26N4O3S. The van der Waals surface area contributed by atoms with Gasteiger partial charge in [-0.15, -0.1) is 0 Å². The van der Waals surface area contributed by atoms with Gasteiger partial charge < -0.3 is 10.6 Å². The van der Waals surface area contributed by atoms with Crippen LogP contribution in [0.3, 0.4) is 0 Å². The molecule has 0 radical (unpaired) electrons. The monoisotopic (exact) mass is 402 g/mol. The standard InChI is InChI=1S/C20H26N4O3S/c1-3-21-18(26)13(2)22-17(25)12-28-20-23-16-11-7-6-10-15(16)19(27)24(20)14-8-4-5-9-14/h6-7,10-11,13-14H,3-5,8-9,12H2,1-2H3,(H,21,26)(H,22,25)/t13-/m0/s1. The van der Waals surface area contributed by atoms with Crippen LogP contribution in [0.1, 0.15) is 45.6 Å². The maximum Gasteiger partial charge on any atom is 0.262 e. The van der Waals surface area contributed by atoms with Gasteiger partial charge in [0.05, 0.1) is 16.7 Å². The zero-order valence-electron chi connectivity index (χ0n) is 16.2. The molecule has 1 aliphatic carbocycles. The van der Waals surface area contributed by atoms with Crippen LogP contribution in [-0.2, 0) is 9.59 Å². The summed E-state index contributed by atoms with van der Waals surface area (Å²) in [4.78, 5) is 41.8. The second-order valence-corrected chi connectivity index (χ2v) is 7.94. The summed E-state index contributed by atoms with van der Waals surface area (Å²) in [5.74, 6) is -0.377. The predicted molar refractivity (Wildman–Crippen MR) is 111 cm³/mol. The molecule has 2 aromatic rings. The average molecular weight is 403 g/mol. The highest BCUT2D eigenvalue weighted by Gasteiger charge is 2.23. The molecule has 1 atom stereocenters. The van der Waals surface area contributed by atoms with Crippen LogP contribution in [0.5, 0.6) is 0 Å². The van der Waals surface area contributed by atoms with Crippen LogP contribution in [0.15, 0.2) is 34.2 Å². The number of amides is 2.